The second kappa shape index (κ2) is 15.4. The predicted octanol–water partition coefficient (Wildman–Crippen LogP) is 8.71. The Morgan fingerprint density at radius 3 is 1.90 bits per heavy atom. The van der Waals surface area contributed by atoms with E-state index in [9.17, 15) is 0 Å². The van der Waals surface area contributed by atoms with E-state index in [1.807, 2.05) is 13.8 Å². The molecule has 6 nitrogen and oxygen atoms in total. The summed E-state index contributed by atoms with van der Waals surface area (Å²) in [4.78, 5) is 2.46. The quantitative estimate of drug-likeness (QED) is 0.0888. The fourth-order valence-corrected chi connectivity index (χ4v) is 7.82. The molecule has 0 unspecified atom stereocenters. The standard InChI is InChI=1S/C43H53N2O4/c1-7-46-28-30-48-26-24-44-36-22-20-32-14-9-11-16-34(32)40(36)42(3,4)38(44)18-13-19-39-43(5,6)41-35-17-12-10-15-33(35)21-23-37(41)45(39)25-27-49-31-29-47-8-2/h9-23H,7-8,24-31H2,1-6H3/q+1. The van der Waals surface area contributed by atoms with Crippen molar-refractivity contribution >= 4 is 38.6 Å². The summed E-state index contributed by atoms with van der Waals surface area (Å²) in [6, 6.07) is 26.6. The average Bonchev–Trinajstić information content (AvgIpc) is 3.46. The summed E-state index contributed by atoms with van der Waals surface area (Å²) < 4.78 is 25.6. The minimum absolute atomic E-state index is 0.199. The van der Waals surface area contributed by atoms with Crippen LogP contribution in [0.1, 0.15) is 52.7 Å². The summed E-state index contributed by atoms with van der Waals surface area (Å²) in [5.74, 6) is 0. The molecule has 0 saturated carbocycles. The second-order valence-electron chi connectivity index (χ2n) is 13.8. The van der Waals surface area contributed by atoms with Crippen molar-refractivity contribution in [1.82, 2.24) is 0 Å². The van der Waals surface area contributed by atoms with E-state index in [1.54, 1.807) is 0 Å². The summed E-state index contributed by atoms with van der Waals surface area (Å²) >= 11 is 0. The Labute approximate surface area is 292 Å². The minimum atomic E-state index is -0.199. The molecule has 0 fully saturated rings. The zero-order valence-corrected chi connectivity index (χ0v) is 30.3. The van der Waals surface area contributed by atoms with Gasteiger partial charge in [-0.3, -0.25) is 0 Å². The van der Waals surface area contributed by atoms with Crippen LogP contribution in [0.5, 0.6) is 0 Å². The molecule has 2 aliphatic rings. The Morgan fingerprint density at radius 2 is 1.22 bits per heavy atom. The highest BCUT2D eigenvalue weighted by atomic mass is 16.5. The first-order valence-corrected chi connectivity index (χ1v) is 18.0. The molecule has 6 rings (SSSR count). The molecule has 0 atom stereocenters. The summed E-state index contributed by atoms with van der Waals surface area (Å²) in [6.45, 7) is 20.1. The second-order valence-corrected chi connectivity index (χ2v) is 13.8. The Kier molecular flexibility index (Phi) is 11.0. The van der Waals surface area contributed by atoms with Gasteiger partial charge >= 0.3 is 0 Å². The number of nitrogens with zero attached hydrogens (tertiary/aromatic N) is 2. The van der Waals surface area contributed by atoms with E-state index in [-0.39, 0.29) is 10.8 Å². The van der Waals surface area contributed by atoms with Gasteiger partial charge in [0.05, 0.1) is 38.4 Å². The van der Waals surface area contributed by atoms with Crippen LogP contribution in [-0.4, -0.2) is 76.2 Å². The van der Waals surface area contributed by atoms with E-state index in [0.29, 0.717) is 52.9 Å². The summed E-state index contributed by atoms with van der Waals surface area (Å²) in [6.07, 6.45) is 6.92. The Balaban J connectivity index is 1.36. The number of rotatable bonds is 16. The fourth-order valence-electron chi connectivity index (χ4n) is 7.82. The highest BCUT2D eigenvalue weighted by Crippen LogP contribution is 2.51. The van der Waals surface area contributed by atoms with Crippen LogP contribution in [0.15, 0.2) is 96.7 Å². The maximum atomic E-state index is 6.04. The van der Waals surface area contributed by atoms with Crippen LogP contribution < -0.4 is 4.90 Å². The van der Waals surface area contributed by atoms with Gasteiger partial charge in [-0.25, -0.2) is 0 Å². The molecule has 6 heteroatoms. The lowest BCUT2D eigenvalue weighted by molar-refractivity contribution is -0.442. The van der Waals surface area contributed by atoms with E-state index >= 15 is 0 Å². The zero-order chi connectivity index (χ0) is 34.4. The van der Waals surface area contributed by atoms with Crippen LogP contribution in [0, 0.1) is 0 Å². The van der Waals surface area contributed by atoms with Gasteiger partial charge in [-0.15, -0.1) is 0 Å². The SMILES string of the molecule is CCOCCOCCN1/C(=C/C=C/C2=[N+](CCOCCOCC)c3ccc4ccccc4c3C2(C)C)C(C)(C)c2c1ccc1ccccc21. The monoisotopic (exact) mass is 661 g/mol. The van der Waals surface area contributed by atoms with E-state index in [0.717, 1.165) is 13.1 Å². The maximum absolute atomic E-state index is 6.04. The number of benzene rings is 4. The lowest BCUT2D eigenvalue weighted by Gasteiger charge is -2.27. The smallest absolute Gasteiger partial charge is 0.210 e. The molecule has 0 spiro atoms. The van der Waals surface area contributed by atoms with E-state index in [2.05, 4.69) is 128 Å². The number of hydrogen-bond donors (Lipinski definition) is 0. The predicted molar refractivity (Wildman–Crippen MR) is 203 cm³/mol. The molecular weight excluding hydrogens is 608 g/mol. The molecule has 0 amide bonds. The fraction of sp³-hybridized carbons (Fsp3) is 0.419. The van der Waals surface area contributed by atoms with Crippen LogP contribution in [0.4, 0.5) is 11.4 Å². The van der Waals surface area contributed by atoms with Gasteiger partial charge in [0.25, 0.3) is 0 Å². The molecule has 0 N–H and O–H groups in total. The van der Waals surface area contributed by atoms with E-state index in [4.69, 9.17) is 18.9 Å². The number of ether oxygens (including phenoxy) is 4. The summed E-state index contributed by atoms with van der Waals surface area (Å²) in [5, 5.41) is 5.16. The van der Waals surface area contributed by atoms with Crippen molar-refractivity contribution in [3.63, 3.8) is 0 Å². The van der Waals surface area contributed by atoms with Gasteiger partial charge in [0.2, 0.25) is 5.69 Å². The molecule has 0 aromatic heterocycles. The molecule has 0 radical (unpaired) electrons. The van der Waals surface area contributed by atoms with Gasteiger partial charge in [-0.1, -0.05) is 74.5 Å². The Bertz CT molecular complexity index is 1870. The number of fused-ring (bicyclic) bond motifs is 6. The molecule has 49 heavy (non-hydrogen) atoms. The first-order chi connectivity index (χ1) is 23.8. The van der Waals surface area contributed by atoms with Crippen LogP contribution >= 0.6 is 0 Å². The molecule has 0 aliphatic carbocycles. The third-order valence-electron chi connectivity index (χ3n) is 10.1. The normalized spacial score (nSPS) is 17.3. The number of hydrogen-bond acceptors (Lipinski definition) is 5. The van der Waals surface area contributed by atoms with Crippen LogP contribution in [0.2, 0.25) is 0 Å². The van der Waals surface area contributed by atoms with Crippen LogP contribution in [-0.2, 0) is 29.8 Å². The number of allylic oxidation sites excluding steroid dienone is 4. The molecule has 0 bridgehead atoms. The summed E-state index contributed by atoms with van der Waals surface area (Å²) in [5.41, 5.74) is 7.41. The first-order valence-electron chi connectivity index (χ1n) is 18.0. The Morgan fingerprint density at radius 1 is 0.633 bits per heavy atom. The van der Waals surface area contributed by atoms with Crippen molar-refractivity contribution in [2.24, 2.45) is 0 Å². The molecule has 2 heterocycles. The van der Waals surface area contributed by atoms with Crippen molar-refractivity contribution in [2.45, 2.75) is 52.4 Å². The highest BCUT2D eigenvalue weighted by Gasteiger charge is 2.46. The van der Waals surface area contributed by atoms with Crippen molar-refractivity contribution in [1.29, 1.82) is 0 Å². The Hall–Kier alpha value is -3.81. The van der Waals surface area contributed by atoms with Crippen LogP contribution in [0.3, 0.4) is 0 Å². The van der Waals surface area contributed by atoms with Crippen molar-refractivity contribution in [2.75, 3.05) is 70.8 Å². The molecule has 258 valence electrons. The number of anilines is 1. The molecule has 4 aromatic rings. The molecule has 0 saturated heterocycles. The minimum Gasteiger partial charge on any atom is -0.379 e. The van der Waals surface area contributed by atoms with Gasteiger partial charge in [0.15, 0.2) is 12.3 Å². The lowest BCUT2D eigenvalue weighted by Crippen LogP contribution is -2.30. The lowest BCUT2D eigenvalue weighted by atomic mass is 9.79. The van der Waals surface area contributed by atoms with Crippen molar-refractivity contribution < 1.29 is 23.5 Å². The topological polar surface area (TPSA) is 43.2 Å². The maximum Gasteiger partial charge on any atom is 0.210 e. The summed E-state index contributed by atoms with van der Waals surface area (Å²) in [7, 11) is 0. The van der Waals surface area contributed by atoms with Gasteiger partial charge in [0.1, 0.15) is 6.61 Å². The largest absolute Gasteiger partial charge is 0.379 e. The average molecular weight is 662 g/mol. The van der Waals surface area contributed by atoms with Gasteiger partial charge in [-0.2, -0.15) is 4.58 Å². The third kappa shape index (κ3) is 6.98. The highest BCUT2D eigenvalue weighted by molar-refractivity contribution is 6.07. The third-order valence-corrected chi connectivity index (χ3v) is 10.1. The van der Waals surface area contributed by atoms with Gasteiger partial charge < -0.3 is 23.8 Å². The molecule has 2 aliphatic heterocycles. The molecule has 4 aromatic carbocycles. The van der Waals surface area contributed by atoms with Crippen molar-refractivity contribution in [3.8, 4) is 0 Å². The van der Waals surface area contributed by atoms with Gasteiger partial charge in [0, 0.05) is 54.3 Å². The van der Waals surface area contributed by atoms with E-state index in [1.165, 1.54) is 55.5 Å². The van der Waals surface area contributed by atoms with Gasteiger partial charge in [-0.05, 0) is 73.0 Å². The van der Waals surface area contributed by atoms with Crippen molar-refractivity contribution in [3.05, 3.63) is 108 Å². The zero-order valence-electron chi connectivity index (χ0n) is 30.3. The van der Waals surface area contributed by atoms with Crippen LogP contribution in [0.25, 0.3) is 21.5 Å². The molecular formula is C43H53N2O4+. The van der Waals surface area contributed by atoms with E-state index < -0.39 is 0 Å². The first kappa shape index (κ1) is 35.0.